The third-order valence-electron chi connectivity index (χ3n) is 4.97. The molecule has 3 aromatic rings. The van der Waals surface area contributed by atoms with E-state index in [4.69, 9.17) is 5.73 Å². The van der Waals surface area contributed by atoms with Crippen molar-refractivity contribution in [3.8, 4) is 0 Å². The molecule has 0 radical (unpaired) electrons. The van der Waals surface area contributed by atoms with Crippen LogP contribution >= 0.6 is 0 Å². The van der Waals surface area contributed by atoms with Crippen LogP contribution in [0.3, 0.4) is 0 Å². The van der Waals surface area contributed by atoms with Gasteiger partial charge in [0.25, 0.3) is 0 Å². The average molecular weight is 484 g/mol. The molecule has 0 bridgehead atoms. The van der Waals surface area contributed by atoms with Crippen LogP contribution in [0.25, 0.3) is 0 Å². The molecule has 12 heteroatoms. The molecule has 0 aromatic heterocycles. The van der Waals surface area contributed by atoms with Crippen molar-refractivity contribution in [3.63, 3.8) is 0 Å². The number of anilines is 3. The number of ketones is 2. The third kappa shape index (κ3) is 4.30. The summed E-state index contributed by atoms with van der Waals surface area (Å²) in [5, 5.41) is 2.38. The summed E-state index contributed by atoms with van der Waals surface area (Å²) < 4.78 is 75.6. The molecule has 0 atom stereocenters. The normalized spacial score (nSPS) is 13.1. The summed E-state index contributed by atoms with van der Waals surface area (Å²) in [4.78, 5) is 25.2. The van der Waals surface area contributed by atoms with E-state index < -0.39 is 66.5 Å². The van der Waals surface area contributed by atoms with Crippen molar-refractivity contribution < 1.29 is 65.3 Å². The summed E-state index contributed by atoms with van der Waals surface area (Å²) >= 11 is 0. The van der Waals surface area contributed by atoms with Gasteiger partial charge < -0.3 is 15.6 Å². The number of halogens is 3. The number of carbonyl (C=O) groups excluding carboxylic acids is 2. The van der Waals surface area contributed by atoms with Gasteiger partial charge in [-0.1, -0.05) is 36.4 Å². The molecule has 7 nitrogen and oxygen atoms in total. The van der Waals surface area contributed by atoms with E-state index in [0.29, 0.717) is 6.07 Å². The van der Waals surface area contributed by atoms with Gasteiger partial charge in [0.15, 0.2) is 11.6 Å². The van der Waals surface area contributed by atoms with Gasteiger partial charge in [-0.15, -0.1) is 0 Å². The molecule has 4 rings (SSSR count). The van der Waals surface area contributed by atoms with Crippen molar-refractivity contribution in [2.75, 3.05) is 11.1 Å². The molecule has 0 fully saturated rings. The summed E-state index contributed by atoms with van der Waals surface area (Å²) in [7, 11) is -5.24. The molecule has 3 N–H and O–H groups in total. The van der Waals surface area contributed by atoms with Gasteiger partial charge in [-0.2, -0.15) is 13.2 Å². The van der Waals surface area contributed by atoms with Gasteiger partial charge in [0.05, 0.1) is 38.6 Å². The predicted molar refractivity (Wildman–Crippen MR) is 107 cm³/mol. The van der Waals surface area contributed by atoms with Crippen LogP contribution in [-0.2, 0) is 16.3 Å². The second kappa shape index (κ2) is 8.58. The number of para-hydroxylation sites is 1. The van der Waals surface area contributed by atoms with Gasteiger partial charge >= 0.3 is 35.7 Å². The van der Waals surface area contributed by atoms with Crippen molar-refractivity contribution in [2.45, 2.75) is 11.1 Å². The first kappa shape index (κ1) is 24.9. The van der Waals surface area contributed by atoms with E-state index in [1.807, 2.05) is 0 Å². The number of hydrogen-bond acceptors (Lipinski definition) is 7. The quantitative estimate of drug-likeness (QED) is 0.249. The van der Waals surface area contributed by atoms with Crippen LogP contribution in [0.4, 0.5) is 30.2 Å². The Hall–Kier alpha value is -2.70. The van der Waals surface area contributed by atoms with Crippen LogP contribution in [0.2, 0.25) is 0 Å². The van der Waals surface area contributed by atoms with Gasteiger partial charge in [-0.05, 0) is 18.2 Å². The molecule has 0 saturated carbocycles. The molecule has 0 saturated heterocycles. The van der Waals surface area contributed by atoms with Gasteiger partial charge in [0.1, 0.15) is 10.1 Å². The number of benzene rings is 3. The fourth-order valence-corrected chi connectivity index (χ4v) is 4.22. The van der Waals surface area contributed by atoms with Gasteiger partial charge in [0.2, 0.25) is 0 Å². The van der Waals surface area contributed by atoms with Crippen molar-refractivity contribution in [1.82, 2.24) is 0 Å². The summed E-state index contributed by atoms with van der Waals surface area (Å²) in [6.45, 7) is 0. The Labute approximate surface area is 207 Å². The second-order valence-corrected chi connectivity index (χ2v) is 8.26. The van der Waals surface area contributed by atoms with Crippen LogP contribution in [0, 0.1) is 0 Å². The van der Waals surface area contributed by atoms with Crippen LogP contribution < -0.4 is 40.6 Å². The molecular formula is C21H12F3N2NaO5S. The minimum Gasteiger partial charge on any atom is -0.744 e. The van der Waals surface area contributed by atoms with Gasteiger partial charge in [-0.3, -0.25) is 9.59 Å². The number of carbonyl (C=O) groups is 2. The summed E-state index contributed by atoms with van der Waals surface area (Å²) in [6, 6.07) is 10.6. The zero-order valence-electron chi connectivity index (χ0n) is 16.9. The van der Waals surface area contributed by atoms with E-state index in [-0.39, 0.29) is 40.7 Å². The van der Waals surface area contributed by atoms with Crippen LogP contribution in [0.15, 0.2) is 59.5 Å². The summed E-state index contributed by atoms with van der Waals surface area (Å²) in [5.74, 6) is -1.59. The molecule has 0 unspecified atom stereocenters. The van der Waals surface area contributed by atoms with Crippen LogP contribution in [0.1, 0.15) is 37.4 Å². The smallest absolute Gasteiger partial charge is 0.744 e. The molecule has 33 heavy (non-hydrogen) atoms. The third-order valence-corrected chi connectivity index (χ3v) is 5.85. The van der Waals surface area contributed by atoms with Crippen LogP contribution in [0.5, 0.6) is 0 Å². The Morgan fingerprint density at radius 3 is 1.91 bits per heavy atom. The van der Waals surface area contributed by atoms with Crippen molar-refractivity contribution in [2.24, 2.45) is 0 Å². The van der Waals surface area contributed by atoms with E-state index in [9.17, 15) is 35.7 Å². The summed E-state index contributed by atoms with van der Waals surface area (Å²) in [6.07, 6.45) is -4.78. The topological polar surface area (TPSA) is 129 Å². The monoisotopic (exact) mass is 484 g/mol. The minimum atomic E-state index is -5.24. The molecular weight excluding hydrogens is 472 g/mol. The minimum absolute atomic E-state index is 0. The summed E-state index contributed by atoms with van der Waals surface area (Å²) in [5.41, 5.74) is 1.90. The molecule has 164 valence electrons. The number of alkyl halides is 3. The number of nitrogens with one attached hydrogen (secondary N) is 1. The standard InChI is InChI=1S/C21H13F3N2O5S.Na/c22-21(23,24)12-7-3-4-8-13(12)26-14-9-15(32(29,30)31)18(25)17-16(14)19(27)10-5-1-2-6-11(10)20(17)28;/h1-9,26H,25H2,(H,29,30,31);/q;+1/p-1. The molecule has 1 aliphatic rings. The SMILES string of the molecule is Nc1c(S(=O)(=O)[O-])cc(Nc2ccccc2C(F)(F)F)c2c1C(=O)c1ccccc1C2=O.[Na+]. The van der Waals surface area contributed by atoms with Crippen molar-refractivity contribution in [1.29, 1.82) is 0 Å². The predicted octanol–water partition coefficient (Wildman–Crippen LogP) is 0.715. The first-order chi connectivity index (χ1) is 14.9. The maximum Gasteiger partial charge on any atom is 1.00 e. The van der Waals surface area contributed by atoms with Gasteiger partial charge in [-0.25, -0.2) is 8.42 Å². The number of nitrogens with two attached hydrogens (primary N) is 1. The zero-order valence-corrected chi connectivity index (χ0v) is 19.7. The van der Waals surface area contributed by atoms with E-state index in [1.165, 1.54) is 30.3 Å². The van der Waals surface area contributed by atoms with E-state index >= 15 is 0 Å². The zero-order chi connectivity index (χ0) is 23.4. The fraction of sp³-hybridized carbons (Fsp3) is 0.0476. The van der Waals surface area contributed by atoms with E-state index in [2.05, 4.69) is 5.32 Å². The van der Waals surface area contributed by atoms with Gasteiger partial charge in [0, 0.05) is 11.1 Å². The first-order valence-electron chi connectivity index (χ1n) is 8.95. The number of rotatable bonds is 3. The molecule has 0 amide bonds. The van der Waals surface area contributed by atoms with Crippen LogP contribution in [-0.4, -0.2) is 24.5 Å². The molecule has 3 aromatic carbocycles. The Kier molecular flexibility index (Phi) is 6.48. The Morgan fingerprint density at radius 2 is 1.36 bits per heavy atom. The number of nitrogen functional groups attached to an aromatic ring is 1. The number of hydrogen-bond donors (Lipinski definition) is 2. The molecule has 0 spiro atoms. The van der Waals surface area contributed by atoms with E-state index in [0.717, 1.165) is 18.2 Å². The Balaban J connectivity index is 0.00000306. The average Bonchev–Trinajstić information content (AvgIpc) is 2.71. The fourth-order valence-electron chi connectivity index (χ4n) is 3.58. The molecule has 1 aliphatic carbocycles. The Bertz CT molecular complexity index is 1420. The van der Waals surface area contributed by atoms with Crippen molar-refractivity contribution >= 4 is 38.7 Å². The van der Waals surface area contributed by atoms with Crippen molar-refractivity contribution in [3.05, 3.63) is 82.4 Å². The first-order valence-corrected chi connectivity index (χ1v) is 10.4. The second-order valence-electron chi connectivity index (χ2n) is 6.91. The molecule has 0 heterocycles. The molecule has 0 aliphatic heterocycles. The maximum atomic E-state index is 13.4. The van der Waals surface area contributed by atoms with E-state index in [1.54, 1.807) is 0 Å². The maximum absolute atomic E-state index is 13.4. The Morgan fingerprint density at radius 1 is 0.848 bits per heavy atom. The number of fused-ring (bicyclic) bond motifs is 2. The largest absolute Gasteiger partial charge is 1.00 e.